The van der Waals surface area contributed by atoms with Gasteiger partial charge >= 0.3 is 0 Å². The molecule has 0 radical (unpaired) electrons. The highest BCUT2D eigenvalue weighted by atomic mass is 32.1. The second kappa shape index (κ2) is 5.90. The van der Waals surface area contributed by atoms with E-state index in [1.807, 2.05) is 42.6 Å². The maximum Gasteiger partial charge on any atom is 0.142 e. The fraction of sp³-hybridized carbons (Fsp3) is 0.0556. The number of anilines is 2. The zero-order valence-corrected chi connectivity index (χ0v) is 13.7. The molecule has 0 aliphatic carbocycles. The number of aromatic nitrogens is 3. The Balaban J connectivity index is 1.76. The number of para-hydroxylation sites is 1. The molecule has 5 nitrogen and oxygen atoms in total. The van der Waals surface area contributed by atoms with E-state index >= 15 is 0 Å². The predicted molar refractivity (Wildman–Crippen MR) is 94.6 cm³/mol. The number of pyridine rings is 2. The summed E-state index contributed by atoms with van der Waals surface area (Å²) in [6.45, 7) is 1.93. The van der Waals surface area contributed by atoms with Crippen molar-refractivity contribution in [2.45, 2.75) is 6.92 Å². The van der Waals surface area contributed by atoms with E-state index in [1.54, 1.807) is 12.3 Å². The molecule has 3 heterocycles. The number of benzene rings is 1. The average molecular weight is 333 g/mol. The molecule has 0 unspecified atom stereocenters. The van der Waals surface area contributed by atoms with E-state index in [-0.39, 0.29) is 5.75 Å². The lowest BCUT2D eigenvalue weighted by Gasteiger charge is -2.16. The predicted octanol–water partition coefficient (Wildman–Crippen LogP) is 3.88. The van der Waals surface area contributed by atoms with Crippen LogP contribution in [-0.2, 0) is 0 Å². The zero-order valence-electron chi connectivity index (χ0n) is 12.9. The molecule has 0 spiro atoms. The van der Waals surface area contributed by atoms with E-state index in [0.29, 0.717) is 11.4 Å². The minimum atomic E-state index is -0.159. The van der Waals surface area contributed by atoms with Crippen molar-refractivity contribution >= 4 is 33.6 Å². The first-order chi connectivity index (χ1) is 11.7. The number of thiazole rings is 1. The lowest BCUT2D eigenvalue weighted by atomic mass is 10.2. The van der Waals surface area contributed by atoms with Crippen LogP contribution in [-0.4, -0.2) is 15.0 Å². The minimum Gasteiger partial charge on any atom is -0.870 e. The van der Waals surface area contributed by atoms with Gasteiger partial charge in [0.05, 0.1) is 5.52 Å². The Morgan fingerprint density at radius 1 is 1.08 bits per heavy atom. The number of nitrogens with zero attached hydrogens (tertiary/aromatic N) is 3. The first kappa shape index (κ1) is 14.6. The summed E-state index contributed by atoms with van der Waals surface area (Å²) in [4.78, 5) is 13.0. The minimum absolute atomic E-state index is 0.159. The van der Waals surface area contributed by atoms with Crippen molar-refractivity contribution in [3.8, 4) is 16.5 Å². The van der Waals surface area contributed by atoms with Crippen LogP contribution in [0.1, 0.15) is 5.69 Å². The summed E-state index contributed by atoms with van der Waals surface area (Å²) >= 11 is 1.51. The Labute approximate surface area is 142 Å². The van der Waals surface area contributed by atoms with Gasteiger partial charge in [-0.1, -0.05) is 23.9 Å². The van der Waals surface area contributed by atoms with Gasteiger partial charge in [0.25, 0.3) is 0 Å². The molecule has 1 aromatic carbocycles. The van der Waals surface area contributed by atoms with Crippen LogP contribution in [0.4, 0.5) is 11.4 Å². The Bertz CT molecular complexity index is 1020. The summed E-state index contributed by atoms with van der Waals surface area (Å²) in [5.41, 5.74) is 3.82. The fourth-order valence-corrected chi connectivity index (χ4v) is 3.24. The lowest BCUT2D eigenvalue weighted by molar-refractivity contribution is -0.267. The van der Waals surface area contributed by atoms with Crippen molar-refractivity contribution in [2.24, 2.45) is 0 Å². The standard InChI is InChI=1S/C18H14N4OS/c1-11-10-24-18(21-11)16-8-15(17(23)9-20-16)22-14-6-7-19-13-5-3-2-4-12(13)14/h2-10,23H,1H3,(H,19,20,22)/p-1. The van der Waals surface area contributed by atoms with Gasteiger partial charge in [0.2, 0.25) is 0 Å². The molecule has 0 fully saturated rings. The maximum absolute atomic E-state index is 12.2. The van der Waals surface area contributed by atoms with Crippen LogP contribution in [0.3, 0.4) is 0 Å². The van der Waals surface area contributed by atoms with Gasteiger partial charge in [-0.25, -0.2) is 4.98 Å². The van der Waals surface area contributed by atoms with Crippen LogP contribution in [0.5, 0.6) is 5.75 Å². The van der Waals surface area contributed by atoms with E-state index in [0.717, 1.165) is 27.3 Å². The first-order valence-electron chi connectivity index (χ1n) is 7.41. The van der Waals surface area contributed by atoms with Crippen molar-refractivity contribution in [3.63, 3.8) is 0 Å². The Kier molecular flexibility index (Phi) is 3.59. The van der Waals surface area contributed by atoms with Crippen molar-refractivity contribution in [2.75, 3.05) is 5.32 Å². The monoisotopic (exact) mass is 333 g/mol. The third-order valence-corrected chi connectivity index (χ3v) is 4.61. The summed E-state index contributed by atoms with van der Waals surface area (Å²) < 4.78 is 0. The van der Waals surface area contributed by atoms with Crippen molar-refractivity contribution in [3.05, 3.63) is 59.9 Å². The van der Waals surface area contributed by atoms with E-state index < -0.39 is 0 Å². The van der Waals surface area contributed by atoms with Crippen molar-refractivity contribution in [1.29, 1.82) is 0 Å². The van der Waals surface area contributed by atoms with E-state index in [1.165, 1.54) is 17.5 Å². The van der Waals surface area contributed by atoms with Crippen LogP contribution >= 0.6 is 11.3 Å². The molecule has 0 saturated heterocycles. The molecule has 3 aromatic heterocycles. The van der Waals surface area contributed by atoms with Gasteiger partial charge in [-0.15, -0.1) is 11.3 Å². The largest absolute Gasteiger partial charge is 0.870 e. The van der Waals surface area contributed by atoms with E-state index in [4.69, 9.17) is 0 Å². The van der Waals surface area contributed by atoms with Gasteiger partial charge in [0, 0.05) is 40.2 Å². The molecule has 0 aliphatic heterocycles. The fourth-order valence-electron chi connectivity index (χ4n) is 2.48. The zero-order chi connectivity index (χ0) is 16.5. The molecule has 0 bridgehead atoms. The molecule has 6 heteroatoms. The molecule has 0 saturated carbocycles. The average Bonchev–Trinajstić information content (AvgIpc) is 3.04. The third kappa shape index (κ3) is 2.68. The Morgan fingerprint density at radius 2 is 1.96 bits per heavy atom. The highest BCUT2D eigenvalue weighted by Crippen LogP contribution is 2.32. The van der Waals surface area contributed by atoms with Crippen molar-refractivity contribution < 1.29 is 5.11 Å². The number of nitrogens with one attached hydrogen (secondary N) is 1. The second-order valence-electron chi connectivity index (χ2n) is 5.36. The highest BCUT2D eigenvalue weighted by Gasteiger charge is 2.08. The van der Waals surface area contributed by atoms with Crippen LogP contribution in [0.15, 0.2) is 54.2 Å². The number of hydrogen-bond donors (Lipinski definition) is 1. The maximum atomic E-state index is 12.2. The summed E-state index contributed by atoms with van der Waals surface area (Å²) in [6.07, 6.45) is 3.05. The van der Waals surface area contributed by atoms with Gasteiger partial charge in [-0.05, 0) is 25.1 Å². The van der Waals surface area contributed by atoms with Gasteiger partial charge < -0.3 is 10.4 Å². The van der Waals surface area contributed by atoms with Gasteiger partial charge in [0.15, 0.2) is 0 Å². The molecule has 118 valence electrons. The number of aryl methyl sites for hydroxylation is 1. The first-order valence-corrected chi connectivity index (χ1v) is 8.29. The smallest absolute Gasteiger partial charge is 0.142 e. The molecule has 4 rings (SSSR count). The Morgan fingerprint density at radius 3 is 2.79 bits per heavy atom. The normalized spacial score (nSPS) is 10.9. The summed E-state index contributed by atoms with van der Waals surface area (Å²) in [5.74, 6) is -0.159. The van der Waals surface area contributed by atoms with E-state index in [2.05, 4.69) is 20.3 Å². The van der Waals surface area contributed by atoms with Gasteiger partial charge in [-0.2, -0.15) is 0 Å². The summed E-state index contributed by atoms with van der Waals surface area (Å²) in [7, 11) is 0. The quantitative estimate of drug-likeness (QED) is 0.616. The topological polar surface area (TPSA) is 73.8 Å². The molecule has 0 amide bonds. The molecule has 1 N–H and O–H groups in total. The van der Waals surface area contributed by atoms with Crippen molar-refractivity contribution in [1.82, 2.24) is 15.0 Å². The highest BCUT2D eigenvalue weighted by molar-refractivity contribution is 7.13. The molecule has 0 atom stereocenters. The third-order valence-electron chi connectivity index (χ3n) is 3.62. The number of fused-ring (bicyclic) bond motifs is 1. The second-order valence-corrected chi connectivity index (χ2v) is 6.22. The molecular weight excluding hydrogens is 320 g/mol. The number of hydrogen-bond acceptors (Lipinski definition) is 6. The molecule has 24 heavy (non-hydrogen) atoms. The molecule has 4 aromatic rings. The number of rotatable bonds is 3. The van der Waals surface area contributed by atoms with Crippen LogP contribution in [0, 0.1) is 6.92 Å². The summed E-state index contributed by atoms with van der Waals surface area (Å²) in [6, 6.07) is 11.4. The lowest BCUT2D eigenvalue weighted by Crippen LogP contribution is -2.00. The van der Waals surface area contributed by atoms with Crippen LogP contribution in [0.2, 0.25) is 0 Å². The van der Waals surface area contributed by atoms with Crippen LogP contribution in [0.25, 0.3) is 21.6 Å². The van der Waals surface area contributed by atoms with Gasteiger partial charge in [0.1, 0.15) is 10.7 Å². The van der Waals surface area contributed by atoms with Crippen LogP contribution < -0.4 is 10.4 Å². The van der Waals surface area contributed by atoms with E-state index in [9.17, 15) is 5.11 Å². The Hall–Kier alpha value is -2.99. The molecular formula is C18H13N4OS-. The molecule has 0 aliphatic rings. The SMILES string of the molecule is Cc1csc(-c2cc(Nc3ccnc4ccccc34)c([O-])cn2)n1. The van der Waals surface area contributed by atoms with Gasteiger partial charge in [-0.3, -0.25) is 9.97 Å². The summed E-state index contributed by atoms with van der Waals surface area (Å²) in [5, 5.41) is 19.1.